The van der Waals surface area contributed by atoms with E-state index < -0.39 is 0 Å². The first kappa shape index (κ1) is 21.6. The fraction of sp³-hybridized carbons (Fsp3) is 0.414. The molecule has 2 heteroatoms. The summed E-state index contributed by atoms with van der Waals surface area (Å²) in [5.74, 6) is -0.289. The lowest BCUT2D eigenvalue weighted by molar-refractivity contribution is 0.0472. The molecule has 0 spiro atoms. The molecule has 2 saturated carbocycles. The molecule has 2 aliphatic carbocycles. The van der Waals surface area contributed by atoms with Gasteiger partial charge in [0.25, 0.3) is 0 Å². The van der Waals surface area contributed by atoms with Gasteiger partial charge in [-0.25, -0.2) is 4.79 Å². The summed E-state index contributed by atoms with van der Waals surface area (Å²) in [6, 6.07) is 17.4. The minimum absolute atomic E-state index is 0.289. The number of hydrogen-bond donors (Lipinski definition) is 0. The van der Waals surface area contributed by atoms with E-state index in [1.165, 1.54) is 31.3 Å². The quantitative estimate of drug-likeness (QED) is 0.359. The molecule has 0 aliphatic heterocycles. The molecule has 2 fully saturated rings. The third-order valence-electron chi connectivity index (χ3n) is 7.74. The lowest BCUT2D eigenvalue weighted by Crippen LogP contribution is -2.32. The molecule has 2 aromatic carbocycles. The van der Waals surface area contributed by atoms with Gasteiger partial charge in [-0.3, -0.25) is 0 Å². The van der Waals surface area contributed by atoms with E-state index in [0.717, 1.165) is 11.1 Å². The van der Waals surface area contributed by atoms with Crippen molar-refractivity contribution in [1.82, 2.24) is 0 Å². The van der Waals surface area contributed by atoms with Crippen LogP contribution in [-0.4, -0.2) is 5.97 Å². The van der Waals surface area contributed by atoms with Crippen LogP contribution in [0.5, 0.6) is 0 Å². The topological polar surface area (TPSA) is 26.3 Å². The summed E-state index contributed by atoms with van der Waals surface area (Å²) < 4.78 is 5.42. The number of fused-ring (bicyclic) bond motifs is 1. The van der Waals surface area contributed by atoms with E-state index in [1.54, 1.807) is 0 Å². The summed E-state index contributed by atoms with van der Waals surface area (Å²) in [4.78, 5) is 12.3. The van der Waals surface area contributed by atoms with Crippen LogP contribution < -0.4 is 0 Å². The Labute approximate surface area is 187 Å². The lowest BCUT2D eigenvalue weighted by atomic mass is 9.63. The molecule has 0 aromatic heterocycles. The van der Waals surface area contributed by atoms with Crippen molar-refractivity contribution in [2.24, 2.45) is 16.2 Å². The molecule has 2 nitrogen and oxygen atoms in total. The zero-order chi connectivity index (χ0) is 22.1. The van der Waals surface area contributed by atoms with Gasteiger partial charge in [-0.15, -0.1) is 0 Å². The van der Waals surface area contributed by atoms with Gasteiger partial charge in [-0.05, 0) is 65.7 Å². The Hall–Kier alpha value is -2.61. The van der Waals surface area contributed by atoms with Gasteiger partial charge >= 0.3 is 5.97 Å². The van der Waals surface area contributed by atoms with Crippen LogP contribution in [0.2, 0.25) is 0 Å². The number of rotatable bonds is 6. The fourth-order valence-electron chi connectivity index (χ4n) is 5.67. The normalized spacial score (nSPS) is 27.0. The van der Waals surface area contributed by atoms with Crippen molar-refractivity contribution in [3.05, 3.63) is 89.0 Å². The molecule has 2 atom stereocenters. The molecule has 0 heterocycles. The average molecular weight is 415 g/mol. The Morgan fingerprint density at radius 3 is 2.39 bits per heavy atom. The highest BCUT2D eigenvalue weighted by atomic mass is 16.5. The Bertz CT molecular complexity index is 997. The lowest BCUT2D eigenvalue weighted by Gasteiger charge is -2.41. The van der Waals surface area contributed by atoms with Gasteiger partial charge in [0.1, 0.15) is 6.61 Å². The Morgan fingerprint density at radius 2 is 1.71 bits per heavy atom. The monoisotopic (exact) mass is 414 g/mol. The largest absolute Gasteiger partial charge is 0.457 e. The molecular formula is C29H34O2. The van der Waals surface area contributed by atoms with Gasteiger partial charge in [-0.1, -0.05) is 93.5 Å². The maximum atomic E-state index is 12.3. The third kappa shape index (κ3) is 4.26. The Morgan fingerprint density at radius 1 is 1.00 bits per heavy atom. The second-order valence-electron chi connectivity index (χ2n) is 10.4. The molecule has 0 N–H and O–H groups in total. The van der Waals surface area contributed by atoms with Crippen LogP contribution in [-0.2, 0) is 11.3 Å². The van der Waals surface area contributed by atoms with E-state index >= 15 is 0 Å². The maximum Gasteiger partial charge on any atom is 0.338 e. The molecular weight excluding hydrogens is 380 g/mol. The Balaban J connectivity index is 1.39. The number of esters is 1. The van der Waals surface area contributed by atoms with Crippen molar-refractivity contribution in [2.75, 3.05) is 0 Å². The van der Waals surface area contributed by atoms with Crippen LogP contribution in [0.3, 0.4) is 0 Å². The second-order valence-corrected chi connectivity index (χ2v) is 10.4. The van der Waals surface area contributed by atoms with E-state index in [9.17, 15) is 4.79 Å². The van der Waals surface area contributed by atoms with Crippen molar-refractivity contribution in [1.29, 1.82) is 0 Å². The summed E-state index contributed by atoms with van der Waals surface area (Å²) in [6.07, 6.45) is 12.3. The number of ether oxygens (including phenoxy) is 1. The summed E-state index contributed by atoms with van der Waals surface area (Å²) in [5.41, 5.74) is 5.11. The van der Waals surface area contributed by atoms with Crippen molar-refractivity contribution < 1.29 is 9.53 Å². The molecule has 0 saturated heterocycles. The number of carbonyl (C=O) groups excluding carboxylic acids is 1. The van der Waals surface area contributed by atoms with E-state index in [1.807, 2.05) is 54.6 Å². The van der Waals surface area contributed by atoms with Crippen LogP contribution in [0.15, 0.2) is 72.3 Å². The molecule has 4 rings (SSSR count). The first-order chi connectivity index (χ1) is 14.7. The van der Waals surface area contributed by atoms with Gasteiger partial charge in [0, 0.05) is 0 Å². The predicted molar refractivity (Wildman–Crippen MR) is 128 cm³/mol. The van der Waals surface area contributed by atoms with Gasteiger partial charge in [0.15, 0.2) is 0 Å². The zero-order valence-corrected chi connectivity index (χ0v) is 19.3. The number of hydrogen-bond acceptors (Lipinski definition) is 2. The highest BCUT2D eigenvalue weighted by Gasteiger charge is 2.69. The van der Waals surface area contributed by atoms with Crippen molar-refractivity contribution in [3.8, 4) is 0 Å². The van der Waals surface area contributed by atoms with Crippen LogP contribution in [0, 0.1) is 16.2 Å². The summed E-state index contributed by atoms with van der Waals surface area (Å²) in [5, 5.41) is 0. The van der Waals surface area contributed by atoms with Crippen LogP contribution in [0.1, 0.15) is 74.9 Å². The van der Waals surface area contributed by atoms with E-state index in [0.29, 0.717) is 28.4 Å². The van der Waals surface area contributed by atoms with Crippen LogP contribution in [0.25, 0.3) is 6.08 Å². The number of allylic oxidation sites excluding steroid dienone is 3. The minimum atomic E-state index is -0.289. The van der Waals surface area contributed by atoms with Gasteiger partial charge in [0.2, 0.25) is 0 Å². The van der Waals surface area contributed by atoms with Crippen LogP contribution >= 0.6 is 0 Å². The smallest absolute Gasteiger partial charge is 0.338 e. The highest BCUT2D eigenvalue weighted by Crippen LogP contribution is 2.78. The molecule has 2 aromatic rings. The predicted octanol–water partition coefficient (Wildman–Crippen LogP) is 7.61. The summed E-state index contributed by atoms with van der Waals surface area (Å²) in [6.45, 7) is 9.80. The van der Waals surface area contributed by atoms with Crippen molar-refractivity contribution in [3.63, 3.8) is 0 Å². The van der Waals surface area contributed by atoms with Gasteiger partial charge in [0.05, 0.1) is 5.56 Å². The Kier molecular flexibility index (Phi) is 5.68. The summed E-state index contributed by atoms with van der Waals surface area (Å²) >= 11 is 0. The first-order valence-electron chi connectivity index (χ1n) is 11.4. The highest BCUT2D eigenvalue weighted by molar-refractivity contribution is 5.89. The molecule has 0 amide bonds. The minimum Gasteiger partial charge on any atom is -0.457 e. The third-order valence-corrected chi connectivity index (χ3v) is 7.74. The van der Waals surface area contributed by atoms with Crippen molar-refractivity contribution >= 4 is 12.0 Å². The van der Waals surface area contributed by atoms with E-state index in [2.05, 4.69) is 45.9 Å². The zero-order valence-electron chi connectivity index (χ0n) is 19.3. The number of carbonyl (C=O) groups is 1. The van der Waals surface area contributed by atoms with Crippen molar-refractivity contribution in [2.45, 2.75) is 60.0 Å². The van der Waals surface area contributed by atoms with E-state index in [4.69, 9.17) is 4.74 Å². The molecule has 2 aliphatic rings. The van der Waals surface area contributed by atoms with Gasteiger partial charge in [-0.2, -0.15) is 0 Å². The molecule has 0 radical (unpaired) electrons. The first-order valence-corrected chi connectivity index (χ1v) is 11.4. The summed E-state index contributed by atoms with van der Waals surface area (Å²) in [7, 11) is 0. The van der Waals surface area contributed by atoms with E-state index in [-0.39, 0.29) is 5.97 Å². The SMILES string of the molecule is CC(C=CC12CC1(C)CCCC2(C)C)=Cc1ccc(C(=O)OCc2ccccc2)cc1. The fourth-order valence-corrected chi connectivity index (χ4v) is 5.67. The van der Waals surface area contributed by atoms with Gasteiger partial charge < -0.3 is 4.74 Å². The molecule has 31 heavy (non-hydrogen) atoms. The number of benzene rings is 2. The standard InChI is InChI=1S/C29H34O2/c1-22(15-18-29-21-28(29,4)17-8-16-27(29,2)3)19-23-11-13-25(14-12-23)26(30)31-20-24-9-6-5-7-10-24/h5-7,9-15,18-19H,8,16-17,20-21H2,1-4H3. The average Bonchev–Trinajstić information content (AvgIpc) is 3.39. The second kappa shape index (κ2) is 8.15. The molecule has 2 unspecified atom stereocenters. The van der Waals surface area contributed by atoms with Crippen LogP contribution in [0.4, 0.5) is 0 Å². The molecule has 0 bridgehead atoms. The molecule has 162 valence electrons. The maximum absolute atomic E-state index is 12.3.